The van der Waals surface area contributed by atoms with Crippen LogP contribution in [0.1, 0.15) is 10.4 Å². The minimum Gasteiger partial charge on any atom is -0.497 e. The van der Waals surface area contributed by atoms with Gasteiger partial charge in [-0.25, -0.2) is 0 Å². The van der Waals surface area contributed by atoms with Crippen LogP contribution in [0.3, 0.4) is 0 Å². The Hall–Kier alpha value is -4.00. The molecule has 0 spiro atoms. The van der Waals surface area contributed by atoms with Crippen LogP contribution in [-0.4, -0.2) is 32.6 Å². The molecule has 0 saturated carbocycles. The van der Waals surface area contributed by atoms with Crippen LogP contribution in [0.5, 0.6) is 11.5 Å². The molecule has 2 amide bonds. The fourth-order valence-electron chi connectivity index (χ4n) is 2.84. The lowest BCUT2D eigenvalue weighted by Crippen LogP contribution is -2.23. The SMILES string of the molecule is COc1ccc(OC)c(NC(=O)CNc2ccccc2C(=O)Nc2ccccc2)c1. The molecule has 0 aromatic heterocycles. The summed E-state index contributed by atoms with van der Waals surface area (Å²) in [5.41, 5.74) is 2.19. The largest absolute Gasteiger partial charge is 0.497 e. The van der Waals surface area contributed by atoms with Gasteiger partial charge >= 0.3 is 0 Å². The van der Waals surface area contributed by atoms with E-state index in [1.165, 1.54) is 7.11 Å². The van der Waals surface area contributed by atoms with E-state index in [2.05, 4.69) is 16.0 Å². The highest BCUT2D eigenvalue weighted by atomic mass is 16.5. The van der Waals surface area contributed by atoms with Gasteiger partial charge in [-0.1, -0.05) is 30.3 Å². The highest BCUT2D eigenvalue weighted by molar-refractivity contribution is 6.08. The highest BCUT2D eigenvalue weighted by Gasteiger charge is 2.13. The molecular formula is C23H23N3O4. The maximum Gasteiger partial charge on any atom is 0.257 e. The standard InChI is InChI=1S/C23H23N3O4/c1-29-17-12-13-21(30-2)20(14-17)26-22(27)15-24-19-11-7-6-10-18(19)23(28)25-16-8-4-3-5-9-16/h3-14,24H,15H2,1-2H3,(H,25,28)(H,26,27). The highest BCUT2D eigenvalue weighted by Crippen LogP contribution is 2.28. The first-order chi connectivity index (χ1) is 14.6. The summed E-state index contributed by atoms with van der Waals surface area (Å²) in [6, 6.07) is 21.3. The predicted molar refractivity (Wildman–Crippen MR) is 118 cm³/mol. The van der Waals surface area contributed by atoms with Crippen molar-refractivity contribution in [2.24, 2.45) is 0 Å². The maximum atomic E-state index is 12.6. The molecule has 3 aromatic rings. The van der Waals surface area contributed by atoms with Crippen LogP contribution in [0.2, 0.25) is 0 Å². The molecule has 0 fully saturated rings. The molecule has 0 unspecified atom stereocenters. The smallest absolute Gasteiger partial charge is 0.257 e. The second-order valence-corrected chi connectivity index (χ2v) is 6.33. The first kappa shape index (κ1) is 20.7. The number of anilines is 3. The number of rotatable bonds is 8. The van der Waals surface area contributed by atoms with Gasteiger partial charge < -0.3 is 25.4 Å². The van der Waals surface area contributed by atoms with Crippen LogP contribution >= 0.6 is 0 Å². The zero-order valence-electron chi connectivity index (χ0n) is 16.8. The van der Waals surface area contributed by atoms with E-state index in [1.807, 2.05) is 30.3 Å². The van der Waals surface area contributed by atoms with Crippen LogP contribution in [0.4, 0.5) is 17.1 Å². The average molecular weight is 405 g/mol. The summed E-state index contributed by atoms with van der Waals surface area (Å²) in [5, 5.41) is 8.65. The van der Waals surface area contributed by atoms with Gasteiger partial charge in [-0.05, 0) is 36.4 Å². The van der Waals surface area contributed by atoms with Gasteiger partial charge in [-0.2, -0.15) is 0 Å². The Morgan fingerprint density at radius 2 is 1.53 bits per heavy atom. The van der Waals surface area contributed by atoms with Crippen LogP contribution in [0.25, 0.3) is 0 Å². The van der Waals surface area contributed by atoms with Gasteiger partial charge in [0.1, 0.15) is 11.5 Å². The third kappa shape index (κ3) is 5.29. The zero-order chi connectivity index (χ0) is 21.3. The van der Waals surface area contributed by atoms with Gasteiger partial charge in [0, 0.05) is 17.4 Å². The Kier molecular flexibility index (Phi) is 6.89. The van der Waals surface area contributed by atoms with E-state index in [-0.39, 0.29) is 18.4 Å². The molecule has 30 heavy (non-hydrogen) atoms. The maximum absolute atomic E-state index is 12.6. The molecule has 0 aliphatic carbocycles. The molecule has 0 aliphatic rings. The van der Waals surface area contributed by atoms with E-state index < -0.39 is 0 Å². The van der Waals surface area contributed by atoms with Crippen LogP contribution in [0.15, 0.2) is 72.8 Å². The lowest BCUT2D eigenvalue weighted by molar-refractivity contribution is -0.114. The number of carbonyl (C=O) groups is 2. The number of hydrogen-bond donors (Lipinski definition) is 3. The summed E-state index contributed by atoms with van der Waals surface area (Å²) in [4.78, 5) is 25.1. The average Bonchev–Trinajstić information content (AvgIpc) is 2.78. The van der Waals surface area contributed by atoms with Crippen LogP contribution < -0.4 is 25.4 Å². The molecule has 0 heterocycles. The molecule has 0 radical (unpaired) electrons. The van der Waals surface area contributed by atoms with Crippen molar-refractivity contribution in [3.8, 4) is 11.5 Å². The van der Waals surface area contributed by atoms with E-state index >= 15 is 0 Å². The van der Waals surface area contributed by atoms with Gasteiger partial charge in [0.2, 0.25) is 5.91 Å². The number of para-hydroxylation sites is 2. The first-order valence-corrected chi connectivity index (χ1v) is 9.32. The van der Waals surface area contributed by atoms with Gasteiger partial charge in [0.15, 0.2) is 0 Å². The fraction of sp³-hybridized carbons (Fsp3) is 0.130. The lowest BCUT2D eigenvalue weighted by Gasteiger charge is -2.14. The normalized spacial score (nSPS) is 10.1. The third-order valence-corrected chi connectivity index (χ3v) is 4.32. The summed E-state index contributed by atoms with van der Waals surface area (Å²) >= 11 is 0. The fourth-order valence-corrected chi connectivity index (χ4v) is 2.84. The van der Waals surface area contributed by atoms with E-state index in [4.69, 9.17) is 9.47 Å². The van der Waals surface area contributed by atoms with Gasteiger partial charge in [-0.3, -0.25) is 9.59 Å². The Bertz CT molecular complexity index is 1020. The number of benzene rings is 3. The Labute approximate surface area is 175 Å². The molecule has 154 valence electrons. The summed E-state index contributed by atoms with van der Waals surface area (Å²) in [7, 11) is 3.07. The molecule has 3 N–H and O–H groups in total. The lowest BCUT2D eigenvalue weighted by atomic mass is 10.1. The van der Waals surface area contributed by atoms with E-state index in [9.17, 15) is 9.59 Å². The summed E-state index contributed by atoms with van der Waals surface area (Å²) in [6.45, 7) is -0.0318. The molecular weight excluding hydrogens is 382 g/mol. The van der Waals surface area contributed by atoms with Gasteiger partial charge in [0.25, 0.3) is 5.91 Å². The van der Waals surface area contributed by atoms with Crippen molar-refractivity contribution in [2.45, 2.75) is 0 Å². The van der Waals surface area contributed by atoms with E-state index in [1.54, 1.807) is 49.6 Å². The second kappa shape index (κ2) is 9.97. The van der Waals surface area contributed by atoms with Crippen molar-refractivity contribution < 1.29 is 19.1 Å². The molecule has 0 bridgehead atoms. The molecule has 7 nitrogen and oxygen atoms in total. The summed E-state index contributed by atoms with van der Waals surface area (Å²) in [5.74, 6) is 0.563. The zero-order valence-corrected chi connectivity index (χ0v) is 16.8. The Balaban J connectivity index is 1.66. The van der Waals surface area contributed by atoms with Crippen LogP contribution in [0, 0.1) is 0 Å². The first-order valence-electron chi connectivity index (χ1n) is 9.32. The quantitative estimate of drug-likeness (QED) is 0.527. The molecule has 7 heteroatoms. The minimum atomic E-state index is -0.292. The molecule has 3 rings (SSSR count). The van der Waals surface area contributed by atoms with Crippen molar-refractivity contribution in [1.82, 2.24) is 0 Å². The van der Waals surface area contributed by atoms with E-state index in [0.717, 1.165) is 0 Å². The van der Waals surface area contributed by atoms with Crippen molar-refractivity contribution in [3.05, 3.63) is 78.4 Å². The van der Waals surface area contributed by atoms with Gasteiger partial charge in [-0.15, -0.1) is 0 Å². The monoisotopic (exact) mass is 405 g/mol. The molecule has 0 atom stereocenters. The number of methoxy groups -OCH3 is 2. The van der Waals surface area contributed by atoms with Crippen molar-refractivity contribution in [2.75, 3.05) is 36.7 Å². The molecule has 0 saturated heterocycles. The van der Waals surface area contributed by atoms with Crippen molar-refractivity contribution in [3.63, 3.8) is 0 Å². The number of hydrogen-bond acceptors (Lipinski definition) is 5. The summed E-state index contributed by atoms with van der Waals surface area (Å²) in [6.07, 6.45) is 0. The predicted octanol–water partition coefficient (Wildman–Crippen LogP) is 4.01. The third-order valence-electron chi connectivity index (χ3n) is 4.32. The Morgan fingerprint density at radius 1 is 0.800 bits per heavy atom. The Morgan fingerprint density at radius 3 is 2.27 bits per heavy atom. The van der Waals surface area contributed by atoms with Crippen molar-refractivity contribution >= 4 is 28.9 Å². The van der Waals surface area contributed by atoms with Crippen molar-refractivity contribution in [1.29, 1.82) is 0 Å². The number of nitrogens with one attached hydrogen (secondary N) is 3. The second-order valence-electron chi connectivity index (χ2n) is 6.33. The topological polar surface area (TPSA) is 88.7 Å². The number of amides is 2. The number of carbonyl (C=O) groups excluding carboxylic acids is 2. The van der Waals surface area contributed by atoms with E-state index in [0.29, 0.717) is 34.1 Å². The molecule has 3 aromatic carbocycles. The minimum absolute atomic E-state index is 0.0318. The van der Waals surface area contributed by atoms with Crippen LogP contribution in [-0.2, 0) is 4.79 Å². The molecule has 0 aliphatic heterocycles. The number of ether oxygens (including phenoxy) is 2. The summed E-state index contributed by atoms with van der Waals surface area (Å²) < 4.78 is 10.5. The van der Waals surface area contributed by atoms with Gasteiger partial charge in [0.05, 0.1) is 32.0 Å².